The lowest BCUT2D eigenvalue weighted by Crippen LogP contribution is -2.12. The molecule has 0 saturated carbocycles. The number of hydrogen-bond donors (Lipinski definition) is 2. The van der Waals surface area contributed by atoms with Crippen LogP contribution in [-0.2, 0) is 24.5 Å². The van der Waals surface area contributed by atoms with Crippen molar-refractivity contribution in [2.24, 2.45) is 5.92 Å². The highest BCUT2D eigenvalue weighted by Crippen LogP contribution is 2.22. The van der Waals surface area contributed by atoms with E-state index in [1.807, 2.05) is 30.3 Å². The van der Waals surface area contributed by atoms with E-state index in [2.05, 4.69) is 51.3 Å². The maximum Gasteiger partial charge on any atom is 0.335 e. The van der Waals surface area contributed by atoms with Crippen LogP contribution in [0.15, 0.2) is 98.1 Å². The van der Waals surface area contributed by atoms with Crippen LogP contribution >= 0.6 is 0 Å². The number of hydrogen-bond acceptors (Lipinski definition) is 4. The Bertz CT molecular complexity index is 1190. The highest BCUT2D eigenvalue weighted by atomic mass is 16.5. The number of carbonyl (C=O) groups is 2. The Kier molecular flexibility index (Phi) is 13.2. The molecule has 0 radical (unpaired) electrons. The molecule has 3 aromatic carbocycles. The molecule has 2 N–H and O–H groups in total. The van der Waals surface area contributed by atoms with Crippen molar-refractivity contribution in [3.05, 3.63) is 126 Å². The van der Waals surface area contributed by atoms with E-state index in [1.165, 1.54) is 11.1 Å². The van der Waals surface area contributed by atoms with Crippen LogP contribution in [0.1, 0.15) is 58.8 Å². The van der Waals surface area contributed by atoms with Gasteiger partial charge in [-0.15, -0.1) is 13.2 Å². The molecular formula is C33H39NO5. The van der Waals surface area contributed by atoms with Gasteiger partial charge in [-0.1, -0.05) is 74.5 Å². The van der Waals surface area contributed by atoms with E-state index in [-0.39, 0.29) is 18.1 Å². The molecule has 1 aliphatic rings. The van der Waals surface area contributed by atoms with Crippen molar-refractivity contribution in [2.45, 2.75) is 45.9 Å². The fourth-order valence-electron chi connectivity index (χ4n) is 3.78. The zero-order valence-electron chi connectivity index (χ0n) is 22.8. The molecule has 1 amide bonds. The van der Waals surface area contributed by atoms with Crippen molar-refractivity contribution in [3.8, 4) is 5.75 Å². The van der Waals surface area contributed by atoms with Crippen LogP contribution in [0, 0.1) is 5.92 Å². The van der Waals surface area contributed by atoms with Crippen molar-refractivity contribution in [2.75, 3.05) is 6.61 Å². The summed E-state index contributed by atoms with van der Waals surface area (Å²) in [4.78, 5) is 22.8. The maximum atomic E-state index is 10.7. The molecule has 0 fully saturated rings. The molecule has 4 rings (SSSR count). The standard InChI is InChI=1S/C16H18O.C10H9NO3.C7H12O/c1-13(2)15-8-10-16(11-9-15)17-12-14-6-4-3-5-7-14;12-6-11-4-8-2-1-7(10(13)14)3-9(8)5-11;1-3-5-7(4-2)6-8/h3-11,13H,12H2,1-2H3;1-3,6H,4-5H2,(H,13,14);3-4,7-8H,1-2,5-6H2. The highest BCUT2D eigenvalue weighted by molar-refractivity contribution is 5.88. The monoisotopic (exact) mass is 529 g/mol. The molecule has 206 valence electrons. The summed E-state index contributed by atoms with van der Waals surface area (Å²) in [5.74, 6) is 0.765. The molecule has 1 aliphatic heterocycles. The van der Waals surface area contributed by atoms with Gasteiger partial charge in [-0.25, -0.2) is 4.79 Å². The summed E-state index contributed by atoms with van der Waals surface area (Å²) in [6.45, 7) is 13.4. The van der Waals surface area contributed by atoms with Gasteiger partial charge in [0.1, 0.15) is 12.4 Å². The molecule has 0 aromatic heterocycles. The molecule has 3 aromatic rings. The van der Waals surface area contributed by atoms with E-state index in [0.29, 0.717) is 25.6 Å². The lowest BCUT2D eigenvalue weighted by Gasteiger charge is -2.08. The normalized spacial score (nSPS) is 12.2. The number of carboxylic acid groups (broad SMARTS) is 1. The van der Waals surface area contributed by atoms with Crippen molar-refractivity contribution in [1.82, 2.24) is 4.90 Å². The Morgan fingerprint density at radius 2 is 1.67 bits per heavy atom. The van der Waals surface area contributed by atoms with Gasteiger partial charge in [-0.3, -0.25) is 4.79 Å². The topological polar surface area (TPSA) is 87.1 Å². The number of fused-ring (bicyclic) bond motifs is 1. The summed E-state index contributed by atoms with van der Waals surface area (Å²) in [7, 11) is 0. The Morgan fingerprint density at radius 1 is 1.00 bits per heavy atom. The lowest BCUT2D eigenvalue weighted by molar-refractivity contribution is -0.118. The fraction of sp³-hybridized carbons (Fsp3) is 0.273. The van der Waals surface area contributed by atoms with Gasteiger partial charge in [0.05, 0.1) is 5.56 Å². The van der Waals surface area contributed by atoms with Gasteiger partial charge in [-0.05, 0) is 58.9 Å². The van der Waals surface area contributed by atoms with Crippen LogP contribution in [0.3, 0.4) is 0 Å². The summed E-state index contributed by atoms with van der Waals surface area (Å²) >= 11 is 0. The van der Waals surface area contributed by atoms with Crippen LogP contribution < -0.4 is 4.74 Å². The molecular weight excluding hydrogens is 490 g/mol. The van der Waals surface area contributed by atoms with E-state index in [0.717, 1.165) is 29.7 Å². The number of rotatable bonds is 10. The number of nitrogens with zero attached hydrogens (tertiary/aromatic N) is 1. The van der Waals surface area contributed by atoms with E-state index >= 15 is 0 Å². The second-order valence-corrected chi connectivity index (χ2v) is 9.50. The third-order valence-corrected chi connectivity index (χ3v) is 6.18. The zero-order valence-corrected chi connectivity index (χ0v) is 22.8. The largest absolute Gasteiger partial charge is 0.489 e. The summed E-state index contributed by atoms with van der Waals surface area (Å²) in [5.41, 5.74) is 4.77. The Balaban J connectivity index is 0.000000219. The molecule has 39 heavy (non-hydrogen) atoms. The van der Waals surface area contributed by atoms with Crippen molar-refractivity contribution >= 4 is 12.4 Å². The first-order valence-corrected chi connectivity index (χ1v) is 13.0. The molecule has 0 aliphatic carbocycles. The lowest BCUT2D eigenvalue weighted by atomic mass is 10.0. The molecule has 1 atom stereocenters. The van der Waals surface area contributed by atoms with E-state index in [1.54, 1.807) is 35.3 Å². The smallest absolute Gasteiger partial charge is 0.335 e. The number of aliphatic hydroxyl groups is 1. The third kappa shape index (κ3) is 10.6. The highest BCUT2D eigenvalue weighted by Gasteiger charge is 2.18. The average Bonchev–Trinajstić information content (AvgIpc) is 3.39. The van der Waals surface area contributed by atoms with Gasteiger partial charge in [-0.2, -0.15) is 0 Å². The van der Waals surface area contributed by atoms with Crippen LogP contribution in [0.2, 0.25) is 0 Å². The first-order chi connectivity index (χ1) is 18.8. The zero-order chi connectivity index (χ0) is 28.6. The number of carboxylic acids is 1. The van der Waals surface area contributed by atoms with Gasteiger partial charge in [0.2, 0.25) is 6.41 Å². The average molecular weight is 530 g/mol. The molecule has 1 unspecified atom stereocenters. The second kappa shape index (κ2) is 16.6. The van der Waals surface area contributed by atoms with Crippen LogP contribution in [0.5, 0.6) is 5.75 Å². The van der Waals surface area contributed by atoms with Gasteiger partial charge in [0.25, 0.3) is 0 Å². The Labute approximate surface area is 231 Å². The fourth-order valence-corrected chi connectivity index (χ4v) is 3.78. The van der Waals surface area contributed by atoms with Gasteiger partial charge < -0.3 is 19.8 Å². The van der Waals surface area contributed by atoms with E-state index in [4.69, 9.17) is 14.9 Å². The predicted molar refractivity (Wildman–Crippen MR) is 156 cm³/mol. The van der Waals surface area contributed by atoms with Crippen molar-refractivity contribution in [1.29, 1.82) is 0 Å². The molecule has 1 heterocycles. The number of aliphatic hydroxyl groups excluding tert-OH is 1. The van der Waals surface area contributed by atoms with Crippen LogP contribution in [0.4, 0.5) is 0 Å². The predicted octanol–water partition coefficient (Wildman–Crippen LogP) is 6.60. The van der Waals surface area contributed by atoms with Gasteiger partial charge in [0.15, 0.2) is 0 Å². The minimum absolute atomic E-state index is 0.176. The maximum absolute atomic E-state index is 10.7. The number of allylic oxidation sites excluding steroid dienone is 1. The van der Waals surface area contributed by atoms with Crippen molar-refractivity contribution in [3.63, 3.8) is 0 Å². The number of benzene rings is 3. The Morgan fingerprint density at radius 3 is 2.18 bits per heavy atom. The number of carbonyl (C=O) groups excluding carboxylic acids is 1. The molecule has 0 bridgehead atoms. The van der Waals surface area contributed by atoms with Gasteiger partial charge >= 0.3 is 5.97 Å². The molecule has 0 saturated heterocycles. The third-order valence-electron chi connectivity index (χ3n) is 6.18. The number of aromatic carboxylic acids is 1. The van der Waals surface area contributed by atoms with Crippen LogP contribution in [0.25, 0.3) is 0 Å². The second-order valence-electron chi connectivity index (χ2n) is 9.50. The molecule has 6 nitrogen and oxygen atoms in total. The summed E-state index contributed by atoms with van der Waals surface area (Å²) in [6, 6.07) is 23.5. The molecule has 0 spiro atoms. The number of ether oxygens (including phenoxy) is 1. The van der Waals surface area contributed by atoms with Crippen LogP contribution in [-0.4, -0.2) is 34.1 Å². The van der Waals surface area contributed by atoms with Crippen molar-refractivity contribution < 1.29 is 24.5 Å². The summed E-state index contributed by atoms with van der Waals surface area (Å²) in [6.07, 6.45) is 5.12. The van der Waals surface area contributed by atoms with E-state index in [9.17, 15) is 9.59 Å². The summed E-state index contributed by atoms with van der Waals surface area (Å²) in [5, 5.41) is 17.3. The number of amides is 1. The molecule has 6 heteroatoms. The van der Waals surface area contributed by atoms with Gasteiger partial charge in [0, 0.05) is 25.6 Å². The first-order valence-electron chi connectivity index (χ1n) is 13.0. The minimum atomic E-state index is -0.933. The first kappa shape index (κ1) is 31.1. The Hall–Kier alpha value is -4.16. The van der Waals surface area contributed by atoms with E-state index < -0.39 is 5.97 Å². The SMILES string of the molecule is C=CCC(C=C)CO.CC(C)c1ccc(OCc2ccccc2)cc1.O=CN1Cc2ccc(C(=O)O)cc2C1. The minimum Gasteiger partial charge on any atom is -0.489 e. The summed E-state index contributed by atoms with van der Waals surface area (Å²) < 4.78 is 5.73. The quantitative estimate of drug-likeness (QED) is 0.228.